The van der Waals surface area contributed by atoms with Crippen molar-refractivity contribution >= 4 is 5.91 Å². The summed E-state index contributed by atoms with van der Waals surface area (Å²) < 4.78 is 7.71. The minimum absolute atomic E-state index is 0.0524. The number of carbonyl (C=O) groups is 1. The molecule has 4 rings (SSSR count). The van der Waals surface area contributed by atoms with Gasteiger partial charge in [-0.15, -0.1) is 10.2 Å². The molecule has 1 aromatic carbocycles. The van der Waals surface area contributed by atoms with Crippen LogP contribution in [-0.4, -0.2) is 52.3 Å². The highest BCUT2D eigenvalue weighted by Gasteiger charge is 2.28. The normalized spacial score (nSPS) is 20.0. The number of carbonyl (C=O) groups excluding carboxylic acids is 1. The molecule has 1 atom stereocenters. The van der Waals surface area contributed by atoms with Gasteiger partial charge in [-0.1, -0.05) is 24.6 Å². The largest absolute Gasteiger partial charge is 0.496 e. The van der Waals surface area contributed by atoms with Crippen LogP contribution in [0.4, 0.5) is 0 Å². The molecular weight excluding hydrogens is 366 g/mol. The van der Waals surface area contributed by atoms with Crippen LogP contribution in [0.15, 0.2) is 24.3 Å². The van der Waals surface area contributed by atoms with E-state index in [1.165, 1.54) is 19.3 Å². The van der Waals surface area contributed by atoms with Crippen molar-refractivity contribution in [1.82, 2.24) is 25.0 Å². The molecule has 0 radical (unpaired) electrons. The van der Waals surface area contributed by atoms with Crippen molar-refractivity contribution in [2.75, 3.05) is 26.7 Å². The smallest absolute Gasteiger partial charge is 0.234 e. The Balaban J connectivity index is 1.33. The van der Waals surface area contributed by atoms with E-state index >= 15 is 0 Å². The fourth-order valence-corrected chi connectivity index (χ4v) is 4.52. The molecule has 1 saturated heterocycles. The number of hydrogen-bond donors (Lipinski definition) is 1. The SMILES string of the molecule is COc1ccccc1CNC(=O)CN1CCCC(c2nnc3n2CCCCC3)C1. The van der Waals surface area contributed by atoms with E-state index in [1.807, 2.05) is 24.3 Å². The molecule has 0 saturated carbocycles. The molecule has 0 aliphatic carbocycles. The standard InChI is InChI=1S/C22H31N5O2/c1-29-19-10-5-4-8-17(19)14-23-21(28)16-26-12-7-9-18(15-26)22-25-24-20-11-3-2-6-13-27(20)22/h4-5,8,10,18H,2-3,6-7,9,11-16H2,1H3,(H,23,28). The zero-order chi connectivity index (χ0) is 20.1. The lowest BCUT2D eigenvalue weighted by Gasteiger charge is -2.32. The lowest BCUT2D eigenvalue weighted by atomic mass is 9.97. The summed E-state index contributed by atoms with van der Waals surface area (Å²) >= 11 is 0. The van der Waals surface area contributed by atoms with Gasteiger partial charge in [-0.05, 0) is 38.3 Å². The molecule has 0 bridgehead atoms. The Morgan fingerprint density at radius 1 is 1.17 bits per heavy atom. The molecule has 1 N–H and O–H groups in total. The molecular formula is C22H31N5O2. The van der Waals surface area contributed by atoms with Gasteiger partial charge in [0, 0.05) is 37.5 Å². The van der Waals surface area contributed by atoms with E-state index < -0.39 is 0 Å². The zero-order valence-electron chi connectivity index (χ0n) is 17.3. The van der Waals surface area contributed by atoms with Gasteiger partial charge < -0.3 is 14.6 Å². The number of aromatic nitrogens is 3. The number of para-hydroxylation sites is 1. The molecule has 7 heteroatoms. The van der Waals surface area contributed by atoms with Crippen molar-refractivity contribution in [3.63, 3.8) is 0 Å². The predicted molar refractivity (Wildman–Crippen MR) is 111 cm³/mol. The molecule has 3 heterocycles. The number of amides is 1. The number of ether oxygens (including phenoxy) is 1. The van der Waals surface area contributed by atoms with Gasteiger partial charge in [0.1, 0.15) is 17.4 Å². The van der Waals surface area contributed by atoms with Gasteiger partial charge in [-0.25, -0.2) is 0 Å². The number of nitrogens with zero attached hydrogens (tertiary/aromatic N) is 4. The monoisotopic (exact) mass is 397 g/mol. The van der Waals surface area contributed by atoms with Crippen LogP contribution in [0.25, 0.3) is 0 Å². The number of fused-ring (bicyclic) bond motifs is 1. The van der Waals surface area contributed by atoms with Crippen molar-refractivity contribution < 1.29 is 9.53 Å². The molecule has 7 nitrogen and oxygen atoms in total. The van der Waals surface area contributed by atoms with Crippen molar-refractivity contribution in [3.05, 3.63) is 41.5 Å². The van der Waals surface area contributed by atoms with Crippen LogP contribution in [0, 0.1) is 0 Å². The summed E-state index contributed by atoms with van der Waals surface area (Å²) in [6, 6.07) is 7.79. The fraction of sp³-hybridized carbons (Fsp3) is 0.591. The van der Waals surface area contributed by atoms with Crippen LogP contribution in [-0.2, 0) is 24.3 Å². The maximum Gasteiger partial charge on any atom is 0.234 e. The number of hydrogen-bond acceptors (Lipinski definition) is 5. The third-order valence-corrected chi connectivity index (χ3v) is 6.04. The first-order valence-electron chi connectivity index (χ1n) is 10.8. The van der Waals surface area contributed by atoms with Gasteiger partial charge in [0.25, 0.3) is 0 Å². The van der Waals surface area contributed by atoms with E-state index in [4.69, 9.17) is 4.74 Å². The third kappa shape index (κ3) is 4.78. The Hall–Kier alpha value is -2.41. The quantitative estimate of drug-likeness (QED) is 0.811. The van der Waals surface area contributed by atoms with Gasteiger partial charge in [-0.3, -0.25) is 9.69 Å². The minimum atomic E-state index is 0.0524. The summed E-state index contributed by atoms with van der Waals surface area (Å²) in [5, 5.41) is 12.0. The molecule has 0 spiro atoms. The van der Waals surface area contributed by atoms with Gasteiger partial charge in [-0.2, -0.15) is 0 Å². The van der Waals surface area contributed by atoms with Crippen LogP contribution < -0.4 is 10.1 Å². The maximum atomic E-state index is 12.5. The van der Waals surface area contributed by atoms with E-state index in [2.05, 4.69) is 25.0 Å². The lowest BCUT2D eigenvalue weighted by molar-refractivity contribution is -0.122. The van der Waals surface area contributed by atoms with Crippen molar-refractivity contribution in [2.45, 2.75) is 57.5 Å². The van der Waals surface area contributed by atoms with E-state index in [1.54, 1.807) is 7.11 Å². The molecule has 1 fully saturated rings. The number of nitrogens with one attached hydrogen (secondary N) is 1. The summed E-state index contributed by atoms with van der Waals surface area (Å²) in [4.78, 5) is 14.8. The Bertz CT molecular complexity index is 834. The van der Waals surface area contributed by atoms with E-state index in [9.17, 15) is 4.79 Å². The van der Waals surface area contributed by atoms with Crippen LogP contribution in [0.5, 0.6) is 5.75 Å². The van der Waals surface area contributed by atoms with Gasteiger partial charge in [0.2, 0.25) is 5.91 Å². The third-order valence-electron chi connectivity index (χ3n) is 6.04. The molecule has 2 aliphatic rings. The summed E-state index contributed by atoms with van der Waals surface area (Å²) in [6.07, 6.45) is 6.94. The van der Waals surface area contributed by atoms with Crippen LogP contribution >= 0.6 is 0 Å². The van der Waals surface area contributed by atoms with Crippen LogP contribution in [0.2, 0.25) is 0 Å². The van der Waals surface area contributed by atoms with Crippen molar-refractivity contribution in [2.24, 2.45) is 0 Å². The topological polar surface area (TPSA) is 72.3 Å². The number of likely N-dealkylation sites (tertiary alicyclic amines) is 1. The zero-order valence-corrected chi connectivity index (χ0v) is 17.3. The van der Waals surface area contributed by atoms with Gasteiger partial charge >= 0.3 is 0 Å². The molecule has 1 aromatic heterocycles. The summed E-state index contributed by atoms with van der Waals surface area (Å²) in [5.74, 6) is 3.49. The Kier molecular flexibility index (Phi) is 6.44. The lowest BCUT2D eigenvalue weighted by Crippen LogP contribution is -2.42. The highest BCUT2D eigenvalue weighted by atomic mass is 16.5. The highest BCUT2D eigenvalue weighted by molar-refractivity contribution is 5.78. The second-order valence-electron chi connectivity index (χ2n) is 8.10. The molecule has 1 amide bonds. The predicted octanol–water partition coefficient (Wildman–Crippen LogP) is 2.51. The first kappa shape index (κ1) is 19.9. The minimum Gasteiger partial charge on any atom is -0.496 e. The van der Waals surface area contributed by atoms with Crippen molar-refractivity contribution in [1.29, 1.82) is 0 Å². The summed E-state index contributed by atoms with van der Waals surface area (Å²) in [5.41, 5.74) is 0.992. The molecule has 2 aromatic rings. The number of methoxy groups -OCH3 is 1. The van der Waals surface area contributed by atoms with E-state index in [0.29, 0.717) is 19.0 Å². The average molecular weight is 398 g/mol. The summed E-state index contributed by atoms with van der Waals surface area (Å²) in [7, 11) is 1.65. The second kappa shape index (κ2) is 9.39. The Morgan fingerprint density at radius 3 is 2.97 bits per heavy atom. The van der Waals surface area contributed by atoms with Crippen molar-refractivity contribution in [3.8, 4) is 5.75 Å². The summed E-state index contributed by atoms with van der Waals surface area (Å²) in [6.45, 7) is 3.78. The number of aryl methyl sites for hydroxylation is 1. The van der Waals surface area contributed by atoms with Gasteiger partial charge in [0.15, 0.2) is 0 Å². The van der Waals surface area contributed by atoms with Crippen LogP contribution in [0.1, 0.15) is 55.2 Å². The van der Waals surface area contributed by atoms with Gasteiger partial charge in [0.05, 0.1) is 13.7 Å². The van der Waals surface area contributed by atoms with Crippen LogP contribution in [0.3, 0.4) is 0 Å². The molecule has 156 valence electrons. The average Bonchev–Trinajstić information content (AvgIpc) is 3.01. The second-order valence-corrected chi connectivity index (χ2v) is 8.10. The molecule has 1 unspecified atom stereocenters. The molecule has 29 heavy (non-hydrogen) atoms. The first-order chi connectivity index (χ1) is 14.2. The number of rotatable bonds is 6. The number of piperidine rings is 1. The maximum absolute atomic E-state index is 12.5. The Morgan fingerprint density at radius 2 is 2.07 bits per heavy atom. The fourth-order valence-electron chi connectivity index (χ4n) is 4.52. The highest BCUT2D eigenvalue weighted by Crippen LogP contribution is 2.27. The number of benzene rings is 1. The molecule has 2 aliphatic heterocycles. The first-order valence-corrected chi connectivity index (χ1v) is 10.8. The van der Waals surface area contributed by atoms with E-state index in [0.717, 1.165) is 61.9 Å². The van der Waals surface area contributed by atoms with E-state index in [-0.39, 0.29) is 5.91 Å². The Labute approximate surface area is 172 Å².